The van der Waals surface area contributed by atoms with Crippen molar-refractivity contribution in [1.82, 2.24) is 0 Å². The van der Waals surface area contributed by atoms with E-state index in [1.807, 2.05) is 0 Å². The zero-order valence-corrected chi connectivity index (χ0v) is 7.80. The van der Waals surface area contributed by atoms with Crippen LogP contribution in [-0.2, 0) is 4.79 Å². The molecule has 0 aromatic rings. The number of rotatable bonds is 5. The van der Waals surface area contributed by atoms with Crippen molar-refractivity contribution < 1.29 is 23.1 Å². The van der Waals surface area contributed by atoms with Crippen LogP contribution in [0.2, 0.25) is 0 Å². The minimum Gasteiger partial charge on any atom is -0.550 e. The average molecular weight is 212 g/mol. The highest BCUT2D eigenvalue weighted by atomic mass is 19.4. The van der Waals surface area contributed by atoms with Gasteiger partial charge in [0.1, 0.15) is 6.04 Å². The Bertz CT molecular complexity index is 194. The van der Waals surface area contributed by atoms with E-state index in [0.717, 1.165) is 0 Å². The van der Waals surface area contributed by atoms with Crippen LogP contribution in [0.5, 0.6) is 0 Å². The molecular weight excluding hydrogens is 199 g/mol. The third-order valence-corrected chi connectivity index (χ3v) is 1.98. The first-order chi connectivity index (χ1) is 6.30. The van der Waals surface area contributed by atoms with E-state index in [9.17, 15) is 23.1 Å². The summed E-state index contributed by atoms with van der Waals surface area (Å²) in [4.78, 5) is 10.4. The SMILES string of the molecule is CCCC[C@H](C(=O)[O-])[C@H](N)C(F)(F)F. The number of aliphatic carboxylic acids is 1. The van der Waals surface area contributed by atoms with E-state index in [1.165, 1.54) is 0 Å². The lowest BCUT2D eigenvalue weighted by molar-refractivity contribution is -0.316. The van der Waals surface area contributed by atoms with Gasteiger partial charge < -0.3 is 15.6 Å². The van der Waals surface area contributed by atoms with Crippen LogP contribution >= 0.6 is 0 Å². The molecule has 0 aliphatic rings. The summed E-state index contributed by atoms with van der Waals surface area (Å²) in [5.41, 5.74) is 4.79. The second-order valence-corrected chi connectivity index (χ2v) is 3.14. The highest BCUT2D eigenvalue weighted by Crippen LogP contribution is 2.26. The highest BCUT2D eigenvalue weighted by Gasteiger charge is 2.42. The van der Waals surface area contributed by atoms with Crippen LogP contribution in [0.4, 0.5) is 13.2 Å². The summed E-state index contributed by atoms with van der Waals surface area (Å²) in [6, 6.07) is -2.33. The molecule has 6 heteroatoms. The molecule has 0 aromatic carbocycles. The maximum Gasteiger partial charge on any atom is 0.404 e. The molecule has 0 saturated carbocycles. The van der Waals surface area contributed by atoms with Crippen molar-refractivity contribution in [3.63, 3.8) is 0 Å². The van der Waals surface area contributed by atoms with Gasteiger partial charge in [0.25, 0.3) is 0 Å². The fourth-order valence-electron chi connectivity index (χ4n) is 1.10. The molecule has 0 rings (SSSR count). The van der Waals surface area contributed by atoms with Crippen molar-refractivity contribution in [2.45, 2.75) is 38.4 Å². The van der Waals surface area contributed by atoms with Crippen LogP contribution in [0.15, 0.2) is 0 Å². The monoisotopic (exact) mass is 212 g/mol. The van der Waals surface area contributed by atoms with Gasteiger partial charge in [-0.1, -0.05) is 19.8 Å². The van der Waals surface area contributed by atoms with Gasteiger partial charge in [-0.3, -0.25) is 0 Å². The predicted molar refractivity (Wildman–Crippen MR) is 42.1 cm³/mol. The molecule has 0 saturated heterocycles. The van der Waals surface area contributed by atoms with E-state index < -0.39 is 24.1 Å². The van der Waals surface area contributed by atoms with Gasteiger partial charge >= 0.3 is 6.18 Å². The van der Waals surface area contributed by atoms with E-state index in [-0.39, 0.29) is 6.42 Å². The Morgan fingerprint density at radius 1 is 1.50 bits per heavy atom. The molecule has 0 heterocycles. The first-order valence-corrected chi connectivity index (χ1v) is 4.33. The van der Waals surface area contributed by atoms with Crippen LogP contribution in [0, 0.1) is 5.92 Å². The topological polar surface area (TPSA) is 66.1 Å². The Balaban J connectivity index is 4.41. The van der Waals surface area contributed by atoms with Gasteiger partial charge in [-0.2, -0.15) is 13.2 Å². The zero-order chi connectivity index (χ0) is 11.4. The molecule has 0 spiro atoms. The average Bonchev–Trinajstić information content (AvgIpc) is 2.02. The zero-order valence-electron chi connectivity index (χ0n) is 7.80. The van der Waals surface area contributed by atoms with Gasteiger partial charge in [-0.15, -0.1) is 0 Å². The maximum absolute atomic E-state index is 12.1. The summed E-state index contributed by atoms with van der Waals surface area (Å²) in [7, 11) is 0. The van der Waals surface area contributed by atoms with Crippen LogP contribution in [0.3, 0.4) is 0 Å². The molecule has 0 radical (unpaired) electrons. The van der Waals surface area contributed by atoms with Gasteiger partial charge in [0.2, 0.25) is 0 Å². The fourth-order valence-corrected chi connectivity index (χ4v) is 1.10. The van der Waals surface area contributed by atoms with Crippen molar-refractivity contribution in [3.05, 3.63) is 0 Å². The van der Waals surface area contributed by atoms with Crippen molar-refractivity contribution in [3.8, 4) is 0 Å². The van der Waals surface area contributed by atoms with Crippen molar-refractivity contribution in [1.29, 1.82) is 0 Å². The number of carboxylic acids is 1. The Hall–Kier alpha value is -0.780. The molecule has 0 aromatic heterocycles. The predicted octanol–water partition coefficient (Wildman–Crippen LogP) is 0.432. The first-order valence-electron chi connectivity index (χ1n) is 4.33. The fraction of sp³-hybridized carbons (Fsp3) is 0.875. The van der Waals surface area contributed by atoms with Crippen LogP contribution < -0.4 is 10.8 Å². The van der Waals surface area contributed by atoms with E-state index in [0.29, 0.717) is 12.8 Å². The molecule has 84 valence electrons. The van der Waals surface area contributed by atoms with Gasteiger partial charge in [0.05, 0.1) is 0 Å². The Morgan fingerprint density at radius 3 is 2.29 bits per heavy atom. The third-order valence-electron chi connectivity index (χ3n) is 1.98. The van der Waals surface area contributed by atoms with Gasteiger partial charge in [0, 0.05) is 11.9 Å². The molecule has 0 unspecified atom stereocenters. The number of halogens is 3. The molecule has 0 amide bonds. The smallest absolute Gasteiger partial charge is 0.404 e. The summed E-state index contributed by atoms with van der Waals surface area (Å²) in [5.74, 6) is -3.38. The van der Waals surface area contributed by atoms with Crippen molar-refractivity contribution in [2.24, 2.45) is 11.7 Å². The van der Waals surface area contributed by atoms with Gasteiger partial charge in [-0.05, 0) is 6.42 Å². The molecule has 14 heavy (non-hydrogen) atoms. The third kappa shape index (κ3) is 3.95. The van der Waals surface area contributed by atoms with Gasteiger partial charge in [-0.25, -0.2) is 0 Å². The standard InChI is InChI=1S/C8H14F3NO2/c1-2-3-4-5(7(13)14)6(12)8(9,10)11/h5-6H,2-4,12H2,1H3,(H,13,14)/p-1/t5-,6-/m0/s1. The molecule has 0 aliphatic heterocycles. The lowest BCUT2D eigenvalue weighted by Crippen LogP contribution is -2.50. The number of carbonyl (C=O) groups excluding carboxylic acids is 1. The second kappa shape index (κ2) is 5.19. The number of carboxylic acid groups (broad SMARTS) is 1. The lowest BCUT2D eigenvalue weighted by Gasteiger charge is -2.26. The highest BCUT2D eigenvalue weighted by molar-refractivity contribution is 5.68. The largest absolute Gasteiger partial charge is 0.550 e. The Labute approximate surface area is 80.1 Å². The normalized spacial score (nSPS) is 16.4. The number of hydrogen-bond donors (Lipinski definition) is 1. The molecule has 2 N–H and O–H groups in total. The quantitative estimate of drug-likeness (QED) is 0.718. The lowest BCUT2D eigenvalue weighted by atomic mass is 9.94. The van der Waals surface area contributed by atoms with E-state index >= 15 is 0 Å². The molecule has 0 aliphatic carbocycles. The minimum atomic E-state index is -4.68. The summed E-state index contributed by atoms with van der Waals surface area (Å²) in [5, 5.41) is 10.4. The number of nitrogens with two attached hydrogens (primary N) is 1. The van der Waals surface area contributed by atoms with Crippen molar-refractivity contribution in [2.75, 3.05) is 0 Å². The summed E-state index contributed by atoms with van der Waals surface area (Å²) in [6.07, 6.45) is -3.77. The number of hydrogen-bond acceptors (Lipinski definition) is 3. The van der Waals surface area contributed by atoms with Crippen molar-refractivity contribution >= 4 is 5.97 Å². The molecular formula is C8H13F3NO2-. The maximum atomic E-state index is 12.1. The van der Waals surface area contributed by atoms with Gasteiger partial charge in [0.15, 0.2) is 0 Å². The first kappa shape index (κ1) is 13.2. The van der Waals surface area contributed by atoms with Crippen LogP contribution in [0.25, 0.3) is 0 Å². The van der Waals surface area contributed by atoms with E-state index in [2.05, 4.69) is 0 Å². The Kier molecular flexibility index (Phi) is 4.90. The van der Waals surface area contributed by atoms with Crippen LogP contribution in [-0.4, -0.2) is 18.2 Å². The molecule has 0 fully saturated rings. The molecule has 0 bridgehead atoms. The number of unbranched alkanes of at least 4 members (excludes halogenated alkanes) is 1. The summed E-state index contributed by atoms with van der Waals surface area (Å²) < 4.78 is 36.2. The number of alkyl halides is 3. The molecule has 2 atom stereocenters. The van der Waals surface area contributed by atoms with E-state index in [1.54, 1.807) is 6.92 Å². The summed E-state index contributed by atoms with van der Waals surface area (Å²) in [6.45, 7) is 1.76. The Morgan fingerprint density at radius 2 is 2.00 bits per heavy atom. The summed E-state index contributed by atoms with van der Waals surface area (Å²) >= 11 is 0. The van der Waals surface area contributed by atoms with Crippen LogP contribution in [0.1, 0.15) is 26.2 Å². The molecule has 3 nitrogen and oxygen atoms in total. The van der Waals surface area contributed by atoms with E-state index in [4.69, 9.17) is 5.73 Å². The second-order valence-electron chi connectivity index (χ2n) is 3.14. The number of carbonyl (C=O) groups is 1. The minimum absolute atomic E-state index is 0.0977.